The van der Waals surface area contributed by atoms with Crippen molar-refractivity contribution in [2.75, 3.05) is 7.11 Å². The molecule has 1 atom stereocenters. The number of ether oxygens (including phenoxy) is 1. The first-order valence-corrected chi connectivity index (χ1v) is 9.29. The third-order valence-corrected chi connectivity index (χ3v) is 4.76. The minimum absolute atomic E-state index is 0.1000. The second-order valence-corrected chi connectivity index (χ2v) is 7.38. The van der Waals surface area contributed by atoms with E-state index >= 15 is 0 Å². The summed E-state index contributed by atoms with van der Waals surface area (Å²) in [5, 5.41) is 10.5. The molecular weight excluding hydrogens is 358 g/mol. The Morgan fingerprint density at radius 3 is 2.57 bits per heavy atom. The lowest BCUT2D eigenvalue weighted by atomic mass is 9.95. The highest BCUT2D eigenvalue weighted by Crippen LogP contribution is 2.40. The van der Waals surface area contributed by atoms with Crippen LogP contribution >= 0.6 is 0 Å². The molecule has 1 N–H and O–H groups in total. The van der Waals surface area contributed by atoms with Gasteiger partial charge in [-0.3, -0.25) is 9.59 Å². The van der Waals surface area contributed by atoms with Gasteiger partial charge < -0.3 is 19.2 Å². The number of carbonyl (C=O) groups excluding carboxylic acids is 2. The van der Waals surface area contributed by atoms with Gasteiger partial charge in [0, 0.05) is 12.0 Å². The third-order valence-electron chi connectivity index (χ3n) is 4.76. The molecule has 3 rings (SSSR count). The second-order valence-electron chi connectivity index (χ2n) is 7.38. The molecule has 1 aromatic carbocycles. The molecule has 0 fully saturated rings. The van der Waals surface area contributed by atoms with E-state index in [1.54, 1.807) is 32.2 Å². The number of Topliss-reactive ketones (excluding diaryl/α,β-unsaturated/α-hetero) is 1. The average Bonchev–Trinajstić information content (AvgIpc) is 3.18. The molecule has 2 heterocycles. The van der Waals surface area contributed by atoms with Crippen LogP contribution in [0.15, 0.2) is 52.1 Å². The summed E-state index contributed by atoms with van der Waals surface area (Å²) >= 11 is 0. The number of carbonyl (C=O) groups is 2. The minimum Gasteiger partial charge on any atom is -0.503 e. The van der Waals surface area contributed by atoms with E-state index in [9.17, 15) is 14.7 Å². The Labute approximate surface area is 164 Å². The Bertz CT molecular complexity index is 925. The van der Waals surface area contributed by atoms with Crippen molar-refractivity contribution in [2.45, 2.75) is 39.8 Å². The van der Waals surface area contributed by atoms with Crippen molar-refractivity contribution in [3.8, 4) is 5.75 Å². The molecule has 0 spiro atoms. The fourth-order valence-corrected chi connectivity index (χ4v) is 3.50. The predicted molar refractivity (Wildman–Crippen MR) is 104 cm³/mol. The number of amides is 1. The van der Waals surface area contributed by atoms with Gasteiger partial charge in [0.25, 0.3) is 5.91 Å². The molecular formula is C22H25NO5. The van der Waals surface area contributed by atoms with Gasteiger partial charge in [0.15, 0.2) is 11.5 Å². The number of nitrogens with zero attached hydrogens (tertiary/aromatic N) is 1. The number of benzene rings is 1. The molecule has 6 nitrogen and oxygen atoms in total. The topological polar surface area (TPSA) is 80.0 Å². The van der Waals surface area contributed by atoms with Gasteiger partial charge in [-0.25, -0.2) is 0 Å². The van der Waals surface area contributed by atoms with E-state index in [0.29, 0.717) is 17.3 Å². The number of rotatable bonds is 7. The molecule has 1 aliphatic heterocycles. The largest absolute Gasteiger partial charge is 0.503 e. The van der Waals surface area contributed by atoms with E-state index in [2.05, 4.69) is 0 Å². The average molecular weight is 383 g/mol. The van der Waals surface area contributed by atoms with Gasteiger partial charge in [-0.05, 0) is 31.0 Å². The summed E-state index contributed by atoms with van der Waals surface area (Å²) in [5.74, 6) is 0.522. The van der Waals surface area contributed by atoms with Crippen LogP contribution in [-0.2, 0) is 16.1 Å². The van der Waals surface area contributed by atoms with Gasteiger partial charge in [0.05, 0.1) is 19.2 Å². The quantitative estimate of drug-likeness (QED) is 0.778. The maximum absolute atomic E-state index is 12.9. The van der Waals surface area contributed by atoms with E-state index in [4.69, 9.17) is 9.15 Å². The van der Waals surface area contributed by atoms with Gasteiger partial charge >= 0.3 is 0 Å². The Morgan fingerprint density at radius 2 is 1.96 bits per heavy atom. The molecule has 0 radical (unpaired) electrons. The SMILES string of the molecule is COc1ccccc1CN1C(=O)C(O)=C(C(=O)CC(C)C)C1c1ccc(C)o1. The fourth-order valence-electron chi connectivity index (χ4n) is 3.50. The Hall–Kier alpha value is -3.02. The molecule has 6 heteroatoms. The molecule has 0 saturated heterocycles. The van der Waals surface area contributed by atoms with Crippen LogP contribution < -0.4 is 4.74 Å². The molecule has 0 aliphatic carbocycles. The first-order valence-electron chi connectivity index (χ1n) is 9.29. The number of ketones is 1. The minimum atomic E-state index is -0.766. The van der Waals surface area contributed by atoms with Crippen LogP contribution in [0.5, 0.6) is 5.75 Å². The van der Waals surface area contributed by atoms with Gasteiger partial charge in [-0.2, -0.15) is 0 Å². The first-order chi connectivity index (χ1) is 13.3. The highest BCUT2D eigenvalue weighted by atomic mass is 16.5. The zero-order valence-electron chi connectivity index (χ0n) is 16.6. The summed E-state index contributed by atoms with van der Waals surface area (Å²) in [7, 11) is 1.56. The van der Waals surface area contributed by atoms with Gasteiger partial charge in [-0.1, -0.05) is 32.0 Å². The number of aliphatic hydroxyl groups excluding tert-OH is 1. The van der Waals surface area contributed by atoms with Gasteiger partial charge in [0.2, 0.25) is 0 Å². The van der Waals surface area contributed by atoms with E-state index in [1.165, 1.54) is 4.90 Å². The number of hydrogen-bond acceptors (Lipinski definition) is 5. The first kappa shape index (κ1) is 19.7. The second kappa shape index (κ2) is 7.92. The molecule has 1 aliphatic rings. The van der Waals surface area contributed by atoms with Crippen molar-refractivity contribution >= 4 is 11.7 Å². The lowest BCUT2D eigenvalue weighted by Crippen LogP contribution is -2.30. The molecule has 28 heavy (non-hydrogen) atoms. The Kier molecular flexibility index (Phi) is 5.58. The van der Waals surface area contributed by atoms with E-state index < -0.39 is 17.7 Å². The molecule has 1 unspecified atom stereocenters. The third kappa shape index (κ3) is 3.67. The predicted octanol–water partition coefficient (Wildman–Crippen LogP) is 4.11. The lowest BCUT2D eigenvalue weighted by Gasteiger charge is -2.26. The van der Waals surface area contributed by atoms with Crippen LogP contribution in [0.1, 0.15) is 43.4 Å². The van der Waals surface area contributed by atoms with Crippen molar-refractivity contribution in [1.82, 2.24) is 4.90 Å². The zero-order chi connectivity index (χ0) is 20.4. The van der Waals surface area contributed by atoms with Crippen molar-refractivity contribution < 1.29 is 23.8 Å². The summed E-state index contributed by atoms with van der Waals surface area (Å²) in [6, 6.07) is 10.1. The van der Waals surface area contributed by atoms with Crippen molar-refractivity contribution in [3.63, 3.8) is 0 Å². The van der Waals surface area contributed by atoms with Crippen LogP contribution in [0.3, 0.4) is 0 Å². The highest BCUT2D eigenvalue weighted by Gasteiger charge is 2.45. The Balaban J connectivity index is 2.04. The van der Waals surface area contributed by atoms with Crippen LogP contribution in [0.4, 0.5) is 0 Å². The molecule has 1 amide bonds. The maximum Gasteiger partial charge on any atom is 0.290 e. The smallest absolute Gasteiger partial charge is 0.290 e. The zero-order valence-corrected chi connectivity index (χ0v) is 16.6. The number of hydrogen-bond donors (Lipinski definition) is 1. The van der Waals surface area contributed by atoms with Gasteiger partial charge in [0.1, 0.15) is 23.3 Å². The van der Waals surface area contributed by atoms with Crippen molar-refractivity contribution in [1.29, 1.82) is 0 Å². The van der Waals surface area contributed by atoms with Crippen LogP contribution in [-0.4, -0.2) is 28.8 Å². The van der Waals surface area contributed by atoms with Crippen molar-refractivity contribution in [2.24, 2.45) is 5.92 Å². The molecule has 148 valence electrons. The standard InChI is InChI=1S/C22H25NO5/c1-13(2)11-16(24)19-20(18-10-9-14(3)28-18)23(22(26)21(19)25)12-15-7-5-6-8-17(15)27-4/h5-10,13,20,25H,11-12H2,1-4H3. The molecule has 1 aromatic heterocycles. The van der Waals surface area contributed by atoms with Crippen molar-refractivity contribution in [3.05, 3.63) is 64.8 Å². The van der Waals surface area contributed by atoms with E-state index in [0.717, 1.165) is 5.56 Å². The molecule has 0 saturated carbocycles. The number of aliphatic hydroxyl groups is 1. The molecule has 2 aromatic rings. The van der Waals surface area contributed by atoms with Crippen LogP contribution in [0, 0.1) is 12.8 Å². The fraction of sp³-hybridized carbons (Fsp3) is 0.364. The number of para-hydroxylation sites is 1. The summed E-state index contributed by atoms with van der Waals surface area (Å²) in [6.45, 7) is 5.82. The molecule has 0 bridgehead atoms. The maximum atomic E-state index is 12.9. The van der Waals surface area contributed by atoms with E-state index in [-0.39, 0.29) is 30.2 Å². The number of furan rings is 1. The summed E-state index contributed by atoms with van der Waals surface area (Å²) in [4.78, 5) is 27.2. The summed E-state index contributed by atoms with van der Waals surface area (Å²) < 4.78 is 11.1. The van der Waals surface area contributed by atoms with Crippen LogP contribution in [0.25, 0.3) is 0 Å². The number of methoxy groups -OCH3 is 1. The monoisotopic (exact) mass is 383 g/mol. The summed E-state index contributed by atoms with van der Waals surface area (Å²) in [5.41, 5.74) is 0.875. The lowest BCUT2D eigenvalue weighted by molar-refractivity contribution is -0.130. The summed E-state index contributed by atoms with van der Waals surface area (Å²) in [6.07, 6.45) is 0.241. The number of aryl methyl sites for hydroxylation is 1. The van der Waals surface area contributed by atoms with Crippen LogP contribution in [0.2, 0.25) is 0 Å². The normalized spacial score (nSPS) is 17.0. The highest BCUT2D eigenvalue weighted by molar-refractivity contribution is 6.08. The Morgan fingerprint density at radius 1 is 1.25 bits per heavy atom. The van der Waals surface area contributed by atoms with E-state index in [1.807, 2.05) is 32.0 Å². The van der Waals surface area contributed by atoms with Gasteiger partial charge in [-0.15, -0.1) is 0 Å².